The smallest absolute Gasteiger partial charge is 0.336 e. The van der Waals surface area contributed by atoms with E-state index in [0.29, 0.717) is 65.2 Å². The standard InChI is InChI=1S/C29H33FN2O7/c1-5-8-21-22(12-10-20-18(17-30)15-25(33)39-26(20)21)38-14-7-6-13-32-27(34)29(2,31-28(32)35)19-9-11-23(36-3)24(16-19)37-4/h9-12,15-16H,5-8,13-14,17H2,1-4H3,(H,31,35). The first kappa shape index (κ1) is 27.9. The monoisotopic (exact) mass is 540 g/mol. The summed E-state index contributed by atoms with van der Waals surface area (Å²) >= 11 is 0. The summed E-state index contributed by atoms with van der Waals surface area (Å²) in [6.07, 6.45) is 2.48. The zero-order valence-corrected chi connectivity index (χ0v) is 22.6. The minimum atomic E-state index is -1.23. The van der Waals surface area contributed by atoms with Crippen LogP contribution in [-0.4, -0.2) is 44.2 Å². The van der Waals surface area contributed by atoms with E-state index in [-0.39, 0.29) is 12.5 Å². The van der Waals surface area contributed by atoms with Crippen molar-refractivity contribution in [3.8, 4) is 17.2 Å². The van der Waals surface area contributed by atoms with Crippen LogP contribution in [-0.2, 0) is 23.4 Å². The van der Waals surface area contributed by atoms with Crippen molar-refractivity contribution in [1.82, 2.24) is 10.2 Å². The number of urea groups is 1. The number of carbonyl (C=O) groups excluding carboxylic acids is 2. The average molecular weight is 541 g/mol. The Morgan fingerprint density at radius 2 is 1.74 bits per heavy atom. The van der Waals surface area contributed by atoms with Gasteiger partial charge in [0, 0.05) is 29.1 Å². The van der Waals surface area contributed by atoms with Gasteiger partial charge in [-0.1, -0.05) is 19.4 Å². The number of methoxy groups -OCH3 is 2. The summed E-state index contributed by atoms with van der Waals surface area (Å²) in [4.78, 5) is 39.1. The molecule has 0 saturated carbocycles. The molecule has 0 bridgehead atoms. The molecule has 10 heteroatoms. The van der Waals surface area contributed by atoms with Crippen molar-refractivity contribution in [2.75, 3.05) is 27.4 Å². The molecule has 0 aliphatic carbocycles. The van der Waals surface area contributed by atoms with Gasteiger partial charge in [-0.25, -0.2) is 14.0 Å². The number of hydrogen-bond acceptors (Lipinski definition) is 7. The molecule has 39 heavy (non-hydrogen) atoms. The molecule has 208 valence electrons. The highest BCUT2D eigenvalue weighted by Crippen LogP contribution is 2.35. The van der Waals surface area contributed by atoms with Gasteiger partial charge in [-0.15, -0.1) is 0 Å². The second-order valence-electron chi connectivity index (χ2n) is 9.53. The number of alkyl halides is 1. The third kappa shape index (κ3) is 5.41. The minimum Gasteiger partial charge on any atom is -0.493 e. The van der Waals surface area contributed by atoms with Crippen LogP contribution in [0.2, 0.25) is 0 Å². The molecule has 0 radical (unpaired) electrons. The lowest BCUT2D eigenvalue weighted by molar-refractivity contribution is -0.131. The van der Waals surface area contributed by atoms with Gasteiger partial charge >= 0.3 is 11.7 Å². The Morgan fingerprint density at radius 3 is 2.44 bits per heavy atom. The molecule has 1 fully saturated rings. The van der Waals surface area contributed by atoms with Crippen molar-refractivity contribution in [2.45, 2.75) is 51.7 Å². The van der Waals surface area contributed by atoms with Gasteiger partial charge in [0.2, 0.25) is 0 Å². The molecule has 1 aromatic heterocycles. The van der Waals surface area contributed by atoms with E-state index >= 15 is 0 Å². The molecular formula is C29H33FN2O7. The van der Waals surface area contributed by atoms with Crippen molar-refractivity contribution in [3.63, 3.8) is 0 Å². The highest BCUT2D eigenvalue weighted by Gasteiger charge is 2.48. The van der Waals surface area contributed by atoms with Gasteiger partial charge in [-0.3, -0.25) is 9.69 Å². The lowest BCUT2D eigenvalue weighted by atomic mass is 9.91. The SMILES string of the molecule is CCCc1c(OCCCCN2C(=O)NC(C)(c3ccc(OC)c(OC)c3)C2=O)ccc2c(CF)cc(=O)oc12. The fourth-order valence-electron chi connectivity index (χ4n) is 4.86. The number of benzene rings is 2. The molecule has 1 saturated heterocycles. The van der Waals surface area contributed by atoms with Crippen LogP contribution in [0.4, 0.5) is 9.18 Å². The Bertz CT molecular complexity index is 1440. The second-order valence-corrected chi connectivity index (χ2v) is 9.53. The van der Waals surface area contributed by atoms with E-state index in [9.17, 15) is 18.8 Å². The number of rotatable bonds is 12. The number of fused-ring (bicyclic) bond motifs is 1. The summed E-state index contributed by atoms with van der Waals surface area (Å²) in [6.45, 7) is 3.45. The minimum absolute atomic E-state index is 0.227. The average Bonchev–Trinajstić information content (AvgIpc) is 3.16. The molecule has 0 spiro atoms. The summed E-state index contributed by atoms with van der Waals surface area (Å²) in [5, 5.41) is 3.36. The number of carbonyl (C=O) groups is 2. The Morgan fingerprint density at radius 1 is 1.00 bits per heavy atom. The predicted octanol–water partition coefficient (Wildman–Crippen LogP) is 4.86. The van der Waals surface area contributed by atoms with E-state index in [0.717, 1.165) is 12.0 Å². The molecule has 9 nitrogen and oxygen atoms in total. The number of nitrogens with zero attached hydrogens (tertiary/aromatic N) is 1. The van der Waals surface area contributed by atoms with Gasteiger partial charge in [0.25, 0.3) is 5.91 Å². The highest BCUT2D eigenvalue weighted by molar-refractivity contribution is 6.07. The molecule has 4 rings (SSSR count). The molecule has 1 atom stereocenters. The maximum atomic E-state index is 13.5. The van der Waals surface area contributed by atoms with E-state index in [4.69, 9.17) is 18.6 Å². The summed E-state index contributed by atoms with van der Waals surface area (Å²) in [5.41, 5.74) is 0.129. The van der Waals surface area contributed by atoms with Crippen LogP contribution in [0.5, 0.6) is 17.2 Å². The second kappa shape index (κ2) is 11.8. The number of amides is 3. The van der Waals surface area contributed by atoms with E-state index in [2.05, 4.69) is 5.32 Å². The Kier molecular flexibility index (Phi) is 8.42. The van der Waals surface area contributed by atoms with Gasteiger partial charge in [0.1, 0.15) is 23.5 Å². The van der Waals surface area contributed by atoms with Crippen LogP contribution in [0.15, 0.2) is 45.6 Å². The number of hydrogen-bond donors (Lipinski definition) is 1. The zero-order valence-electron chi connectivity index (χ0n) is 22.6. The van der Waals surface area contributed by atoms with Crippen LogP contribution in [0.1, 0.15) is 49.8 Å². The third-order valence-electron chi connectivity index (χ3n) is 6.97. The van der Waals surface area contributed by atoms with Crippen molar-refractivity contribution < 1.29 is 32.6 Å². The van der Waals surface area contributed by atoms with Gasteiger partial charge in [0.05, 0.1) is 20.8 Å². The van der Waals surface area contributed by atoms with Crippen LogP contribution < -0.4 is 25.2 Å². The number of aryl methyl sites for hydroxylation is 1. The van der Waals surface area contributed by atoms with Crippen LogP contribution >= 0.6 is 0 Å². The largest absolute Gasteiger partial charge is 0.493 e. The Balaban J connectivity index is 1.40. The first-order valence-corrected chi connectivity index (χ1v) is 12.9. The number of unbranched alkanes of at least 4 members (excludes halogenated alkanes) is 1. The van der Waals surface area contributed by atoms with Crippen molar-refractivity contribution in [3.05, 3.63) is 63.5 Å². The molecule has 1 aliphatic heterocycles. The number of ether oxygens (including phenoxy) is 3. The quantitative estimate of drug-likeness (QED) is 0.199. The normalized spacial score (nSPS) is 17.0. The molecule has 3 amide bonds. The lowest BCUT2D eigenvalue weighted by Crippen LogP contribution is -2.41. The third-order valence-corrected chi connectivity index (χ3v) is 6.97. The van der Waals surface area contributed by atoms with Crippen molar-refractivity contribution in [2.24, 2.45) is 0 Å². The number of imide groups is 1. The molecule has 1 aliphatic rings. The van der Waals surface area contributed by atoms with E-state index in [1.807, 2.05) is 6.92 Å². The number of halogens is 1. The van der Waals surface area contributed by atoms with Crippen LogP contribution in [0, 0.1) is 0 Å². The number of nitrogens with one attached hydrogen (secondary N) is 1. The van der Waals surface area contributed by atoms with E-state index < -0.39 is 23.9 Å². The summed E-state index contributed by atoms with van der Waals surface area (Å²) in [7, 11) is 3.03. The fourth-order valence-corrected chi connectivity index (χ4v) is 4.86. The summed E-state index contributed by atoms with van der Waals surface area (Å²) in [6, 6.07) is 9.28. The molecule has 1 unspecified atom stereocenters. The van der Waals surface area contributed by atoms with Crippen molar-refractivity contribution >= 4 is 22.9 Å². The first-order chi connectivity index (χ1) is 18.8. The summed E-state index contributed by atoms with van der Waals surface area (Å²) in [5.74, 6) is 1.21. The van der Waals surface area contributed by atoms with Crippen molar-refractivity contribution in [1.29, 1.82) is 0 Å². The maximum absolute atomic E-state index is 13.5. The topological polar surface area (TPSA) is 107 Å². The predicted molar refractivity (Wildman–Crippen MR) is 143 cm³/mol. The van der Waals surface area contributed by atoms with Gasteiger partial charge in [-0.2, -0.15) is 0 Å². The summed E-state index contributed by atoms with van der Waals surface area (Å²) < 4.78 is 35.5. The molecule has 2 aromatic carbocycles. The first-order valence-electron chi connectivity index (χ1n) is 12.9. The van der Waals surface area contributed by atoms with Gasteiger partial charge < -0.3 is 23.9 Å². The van der Waals surface area contributed by atoms with E-state index in [1.165, 1.54) is 25.2 Å². The lowest BCUT2D eigenvalue weighted by Gasteiger charge is -2.23. The maximum Gasteiger partial charge on any atom is 0.336 e. The molecule has 2 heterocycles. The van der Waals surface area contributed by atoms with E-state index in [1.54, 1.807) is 37.3 Å². The Hall–Kier alpha value is -4.08. The molecular weight excluding hydrogens is 507 g/mol. The van der Waals surface area contributed by atoms with Crippen LogP contribution in [0.3, 0.4) is 0 Å². The van der Waals surface area contributed by atoms with Gasteiger partial charge in [0.15, 0.2) is 11.5 Å². The zero-order chi connectivity index (χ0) is 28.2. The fraction of sp³-hybridized carbons (Fsp3) is 0.414. The highest BCUT2D eigenvalue weighted by atomic mass is 19.1. The molecule has 1 N–H and O–H groups in total. The van der Waals surface area contributed by atoms with Crippen LogP contribution in [0.25, 0.3) is 11.0 Å². The van der Waals surface area contributed by atoms with Gasteiger partial charge in [-0.05, 0) is 56.0 Å². The Labute approximate surface area is 225 Å². The molecule has 3 aromatic rings.